The fourth-order valence-electron chi connectivity index (χ4n) is 13.3. The fourth-order valence-corrected chi connectivity index (χ4v) is 13.4. The highest BCUT2D eigenvalue weighted by atomic mass is 35.5. The van der Waals surface area contributed by atoms with E-state index in [0.29, 0.717) is 66.5 Å². The Morgan fingerprint density at radius 1 is 0.543 bits per heavy atom. The van der Waals surface area contributed by atoms with Crippen LogP contribution in [0.1, 0.15) is 100.0 Å². The first-order valence-electron chi connectivity index (χ1n) is 38.4. The molecule has 5 aromatic carbocycles. The number of nitrogens with two attached hydrogens (primary N) is 3. The van der Waals surface area contributed by atoms with Crippen LogP contribution in [0.25, 0.3) is 10.8 Å². The zero-order chi connectivity index (χ0) is 84.5. The van der Waals surface area contributed by atoms with Crippen LogP contribution in [0.2, 0.25) is 5.02 Å². The Morgan fingerprint density at radius 2 is 1.01 bits per heavy atom. The predicted octanol–water partition coefficient (Wildman–Crippen LogP) is -1.12. The Balaban J connectivity index is 1.16. The molecule has 2 fully saturated rings. The molecular weight excluding hydrogens is 1520 g/mol. The first-order valence-corrected chi connectivity index (χ1v) is 38.8. The molecule has 35 nitrogen and oxygen atoms in total. The van der Waals surface area contributed by atoms with Crippen molar-refractivity contribution in [1.29, 1.82) is 5.41 Å². The Labute approximate surface area is 676 Å². The topological polar surface area (TPSA) is 541 Å². The monoisotopic (exact) mass is 1630 g/mol. The summed E-state index contributed by atoms with van der Waals surface area (Å²) in [7, 11) is 0. The number of aliphatic hydroxyl groups is 1. The number of fused-ring (bicyclic) bond motifs is 1. The van der Waals surface area contributed by atoms with Crippen molar-refractivity contribution < 1.29 is 87.2 Å². The van der Waals surface area contributed by atoms with Crippen molar-refractivity contribution in [2.24, 2.45) is 23.1 Å². The zero-order valence-electron chi connectivity index (χ0n) is 65.1. The second kappa shape index (κ2) is 46.0. The number of nitrogens with one attached hydrogen (secondary N) is 11. The summed E-state index contributed by atoms with van der Waals surface area (Å²) < 4.78 is 5.52. The summed E-state index contributed by atoms with van der Waals surface area (Å²) in [5.41, 5.74) is 19.5. The molecule has 0 bridgehead atoms. The minimum absolute atomic E-state index is 0.0661. The van der Waals surface area contributed by atoms with E-state index in [2.05, 4.69) is 58.1 Å². The van der Waals surface area contributed by atoms with Gasteiger partial charge in [0, 0.05) is 76.5 Å². The van der Waals surface area contributed by atoms with Crippen molar-refractivity contribution in [2.75, 3.05) is 65.6 Å². The summed E-state index contributed by atoms with van der Waals surface area (Å²) in [5, 5.41) is 65.9. The fraction of sp³-hybridized carbons (Fsp3) is 0.463. The van der Waals surface area contributed by atoms with Crippen LogP contribution in [-0.4, -0.2) is 245 Å². The number of carboxylic acid groups (broad SMARTS) is 2. The molecule has 2 aliphatic heterocycles. The molecule has 2 saturated heterocycles. The first-order chi connectivity index (χ1) is 55.3. The van der Waals surface area contributed by atoms with E-state index in [1.54, 1.807) is 92.7 Å². The van der Waals surface area contributed by atoms with Gasteiger partial charge in [0.1, 0.15) is 60.4 Å². The SMILES string of the molecule is CC(C)C[C@H](NC(=O)[C@@H](CC(N)=O)NC(=O)[C@H](Cc1ccc(CN2CCOCC2)cc1)NC(=O)[C@H](CO)NC(=O)[C@@H](Cc1ccccc1)NC(=O)[C@@H](Cc1ccc(Cl)cc1)NC(=O)[C@@H](Cc1ccc2ccccc2c1)NC(=O)CN(CCC(=O)O)CCC(=O)O)C(=O)N[C@@H](CCCNC(=N)N)C(=O)N1CCC[C@H]1C(=O)N[C@H](C)C(N)=O. The molecule has 0 unspecified atom stereocenters. The smallest absolute Gasteiger partial charge is 0.304 e. The van der Waals surface area contributed by atoms with Gasteiger partial charge < -0.3 is 95.3 Å². The molecule has 0 aliphatic carbocycles. The maximum atomic E-state index is 15.2. The number of morpholine rings is 1. The van der Waals surface area contributed by atoms with Gasteiger partial charge in [0.15, 0.2) is 5.96 Å². The van der Waals surface area contributed by atoms with Crippen molar-refractivity contribution in [3.8, 4) is 0 Å². The van der Waals surface area contributed by atoms with E-state index in [-0.39, 0.29) is 89.4 Å². The highest BCUT2D eigenvalue weighted by Gasteiger charge is 2.41. The van der Waals surface area contributed by atoms with Crippen molar-refractivity contribution in [1.82, 2.24) is 67.9 Å². The van der Waals surface area contributed by atoms with Gasteiger partial charge in [-0.25, -0.2) is 0 Å². The third-order valence-electron chi connectivity index (χ3n) is 19.5. The van der Waals surface area contributed by atoms with E-state index in [0.717, 1.165) is 16.3 Å². The molecule has 0 aromatic heterocycles. The van der Waals surface area contributed by atoms with Crippen molar-refractivity contribution >= 4 is 111 Å². The molecule has 7 rings (SSSR count). The Hall–Kier alpha value is -11.7. The Kier molecular flexibility index (Phi) is 36.3. The average Bonchev–Trinajstić information content (AvgIpc) is 1.69. The van der Waals surface area contributed by atoms with Crippen molar-refractivity contribution in [3.63, 3.8) is 0 Å². The number of aliphatic carboxylic acids is 2. The molecule has 12 amide bonds. The van der Waals surface area contributed by atoms with Crippen LogP contribution < -0.4 is 70.4 Å². The summed E-state index contributed by atoms with van der Waals surface area (Å²) in [6, 6.07) is 19.3. The summed E-state index contributed by atoms with van der Waals surface area (Å²) >= 11 is 6.29. The van der Waals surface area contributed by atoms with Crippen molar-refractivity contribution in [2.45, 2.75) is 165 Å². The van der Waals surface area contributed by atoms with Crippen LogP contribution in [-0.2, 0) is 104 Å². The number of carboxylic acids is 2. The second-order valence-electron chi connectivity index (χ2n) is 29.2. The van der Waals surface area contributed by atoms with Gasteiger partial charge in [0.2, 0.25) is 70.9 Å². The number of likely N-dealkylation sites (tertiary alicyclic amines) is 1. The van der Waals surface area contributed by atoms with Crippen LogP contribution >= 0.6 is 11.6 Å². The first kappa shape index (κ1) is 91.5. The number of carbonyl (C=O) groups is 14. The third-order valence-corrected chi connectivity index (χ3v) is 19.7. The molecule has 116 heavy (non-hydrogen) atoms. The lowest BCUT2D eigenvalue weighted by Gasteiger charge is -2.31. The molecule has 5 aromatic rings. The lowest BCUT2D eigenvalue weighted by molar-refractivity contribution is -0.142. The summed E-state index contributed by atoms with van der Waals surface area (Å²) in [6.45, 7) is 5.93. The average molecular weight is 1630 g/mol. The van der Waals surface area contributed by atoms with E-state index in [1.165, 1.54) is 16.7 Å². The quantitative estimate of drug-likeness (QED) is 0.0125. The molecule has 0 radical (unpaired) electrons. The molecule has 0 spiro atoms. The van der Waals surface area contributed by atoms with Crippen LogP contribution in [0.5, 0.6) is 0 Å². The third kappa shape index (κ3) is 30.6. The van der Waals surface area contributed by atoms with Crippen LogP contribution in [0.3, 0.4) is 0 Å². The molecule has 0 saturated carbocycles. The molecule has 36 heteroatoms. The van der Waals surface area contributed by atoms with Crippen LogP contribution in [0.4, 0.5) is 0 Å². The van der Waals surface area contributed by atoms with Gasteiger partial charge in [-0.2, -0.15) is 0 Å². The van der Waals surface area contributed by atoms with Crippen LogP contribution in [0, 0.1) is 11.3 Å². The maximum Gasteiger partial charge on any atom is 0.304 e. The number of hydrogen-bond donors (Lipinski definition) is 17. The number of rotatable bonds is 46. The number of halogens is 1. The number of aliphatic hydroxyl groups excluding tert-OH is 1. The number of primary amides is 2. The van der Waals surface area contributed by atoms with Gasteiger partial charge in [0.25, 0.3) is 0 Å². The number of carbonyl (C=O) groups excluding carboxylic acids is 12. The van der Waals surface area contributed by atoms with Gasteiger partial charge in [-0.15, -0.1) is 0 Å². The molecule has 20 N–H and O–H groups in total. The number of guanidine groups is 1. The normalized spacial score (nSPS) is 15.8. The maximum absolute atomic E-state index is 15.2. The van der Waals surface area contributed by atoms with E-state index >= 15 is 14.4 Å². The molecule has 2 aliphatic rings. The van der Waals surface area contributed by atoms with E-state index in [4.69, 9.17) is 38.9 Å². The Morgan fingerprint density at radius 3 is 1.55 bits per heavy atom. The summed E-state index contributed by atoms with van der Waals surface area (Å²) in [4.78, 5) is 199. The largest absolute Gasteiger partial charge is 0.481 e. The molecule has 626 valence electrons. The highest BCUT2D eigenvalue weighted by molar-refractivity contribution is 6.30. The molecule has 10 atom stereocenters. The van der Waals surface area contributed by atoms with E-state index in [9.17, 15) is 68.1 Å². The zero-order valence-corrected chi connectivity index (χ0v) is 65.8. The van der Waals surface area contributed by atoms with Gasteiger partial charge in [-0.3, -0.25) is 82.3 Å². The number of ether oxygens (including phenoxy) is 1. The van der Waals surface area contributed by atoms with E-state index < -0.39 is 176 Å². The molecule has 2 heterocycles. The predicted molar refractivity (Wildman–Crippen MR) is 427 cm³/mol. The standard InChI is InChI=1S/C80H106ClN17O18/c1-47(2)37-58(71(107)89-57(15-9-29-86-80(84)85)79(115)98-30-10-16-65(98)78(114)87-48(3)70(83)106)90-76(112)63(43-66(82)100)94-74(110)62(40-50-17-19-52(20-18-50)44-97-33-35-116-36-34-97)93-77(113)64(46-99)95-75(111)60(39-49-11-5-4-6-12-49)92-73(109)61(41-51-22-25-56(81)26-23-51)91-72(108)59(42-53-21-24-54-13-7-8-14-55(54)38-53)88-67(101)45-96(31-27-68(102)103)32-28-69(104)105/h4-8,11-14,17-26,38,47-48,57-65,99H,9-10,15-16,27-37,39-46H2,1-3H3,(H2,82,100)(H2,83,106)(H,87,114)(H,88,101)(H,89,107)(H,90,112)(H,91,108)(H,92,109)(H,93,113)(H,94,110)(H,95,111)(H,102,103)(H,104,105)(H4,84,85,86)/t48-,57+,58+,59-,60-,61-,62+,63-,64+,65+/m1/s1. The number of amides is 12. The van der Waals surface area contributed by atoms with Crippen LogP contribution in [0.15, 0.2) is 121 Å². The summed E-state index contributed by atoms with van der Waals surface area (Å²) in [6.07, 6.45) is -2.15. The number of hydrogen-bond acceptors (Lipinski definition) is 19. The number of nitrogens with zero attached hydrogens (tertiary/aromatic N) is 3. The summed E-state index contributed by atoms with van der Waals surface area (Å²) in [5.74, 6) is -14.3. The number of benzene rings is 5. The van der Waals surface area contributed by atoms with E-state index in [1.807, 2.05) is 42.5 Å². The highest BCUT2D eigenvalue weighted by Crippen LogP contribution is 2.23. The minimum Gasteiger partial charge on any atom is -0.481 e. The lowest BCUT2D eigenvalue weighted by Crippen LogP contribution is -2.62. The molecular formula is C80H106ClN17O18. The minimum atomic E-state index is -1.91. The Bertz CT molecular complexity index is 4230. The van der Waals surface area contributed by atoms with Gasteiger partial charge in [-0.1, -0.05) is 135 Å². The lowest BCUT2D eigenvalue weighted by atomic mass is 9.99. The van der Waals surface area contributed by atoms with Gasteiger partial charge in [-0.05, 0) is 95.7 Å². The van der Waals surface area contributed by atoms with Gasteiger partial charge in [0.05, 0.1) is 45.6 Å². The van der Waals surface area contributed by atoms with Gasteiger partial charge >= 0.3 is 11.9 Å². The second-order valence-corrected chi connectivity index (χ2v) is 29.7. The van der Waals surface area contributed by atoms with Crippen molar-refractivity contribution in [3.05, 3.63) is 154 Å².